The Morgan fingerprint density at radius 1 is 0.500 bits per heavy atom. The molecule has 0 saturated heterocycles. The van der Waals surface area contributed by atoms with E-state index in [2.05, 4.69) is 222 Å². The first-order valence-corrected chi connectivity index (χ1v) is 29.0. The molecule has 5 heteroatoms. The lowest BCUT2D eigenvalue weighted by atomic mass is 9.35. The average Bonchev–Trinajstić information content (AvgIpc) is 3.78. The molecule has 1 saturated carbocycles. The van der Waals surface area contributed by atoms with Gasteiger partial charge in [-0.25, -0.2) is 0 Å². The first-order chi connectivity index (χ1) is 33.8. The molecule has 72 heavy (non-hydrogen) atoms. The Balaban J connectivity index is 1.20. The van der Waals surface area contributed by atoms with E-state index in [0.717, 1.165) is 6.42 Å². The quantitative estimate of drug-likeness (QED) is 0.159. The van der Waals surface area contributed by atoms with E-state index in [9.17, 15) is 0 Å². The molecule has 2 aromatic heterocycles. The Morgan fingerprint density at radius 3 is 1.74 bits per heavy atom. The van der Waals surface area contributed by atoms with E-state index in [1.165, 1.54) is 147 Å². The van der Waals surface area contributed by atoms with Crippen molar-refractivity contribution >= 4 is 112 Å². The van der Waals surface area contributed by atoms with Gasteiger partial charge in [0.1, 0.15) is 0 Å². The van der Waals surface area contributed by atoms with Crippen LogP contribution in [-0.2, 0) is 27.1 Å². The smallest absolute Gasteiger partial charge is 0.264 e. The molecule has 13 rings (SSSR count). The molecule has 0 N–H and O–H groups in total. The number of hydrogen-bond acceptors (Lipinski definition) is 4. The molecule has 0 amide bonds. The van der Waals surface area contributed by atoms with Crippen molar-refractivity contribution in [1.29, 1.82) is 0 Å². The number of rotatable bonds is 2. The van der Waals surface area contributed by atoms with Crippen LogP contribution in [0.4, 0.5) is 34.1 Å². The highest BCUT2D eigenvalue weighted by atomic mass is 32.1. The second-order valence-electron chi connectivity index (χ2n) is 28.1. The van der Waals surface area contributed by atoms with Crippen LogP contribution in [0.3, 0.4) is 0 Å². The Labute approximate surface area is 439 Å². The van der Waals surface area contributed by atoms with Gasteiger partial charge in [0.25, 0.3) is 6.71 Å². The molecule has 0 unspecified atom stereocenters. The van der Waals surface area contributed by atoms with Crippen LogP contribution in [0.25, 0.3) is 32.3 Å². The van der Waals surface area contributed by atoms with Gasteiger partial charge >= 0.3 is 0 Å². The van der Waals surface area contributed by atoms with E-state index in [4.69, 9.17) is 0 Å². The molecular weight excluding hydrogens is 908 g/mol. The van der Waals surface area contributed by atoms with Gasteiger partial charge in [0, 0.05) is 53.4 Å². The summed E-state index contributed by atoms with van der Waals surface area (Å²) >= 11 is 4.07. The maximum Gasteiger partial charge on any atom is 0.264 e. The summed E-state index contributed by atoms with van der Waals surface area (Å²) in [5.74, 6) is 0. The van der Waals surface area contributed by atoms with E-state index >= 15 is 0 Å². The van der Waals surface area contributed by atoms with Crippen molar-refractivity contribution in [3.8, 4) is 0 Å². The van der Waals surface area contributed by atoms with Crippen LogP contribution >= 0.6 is 22.7 Å². The highest BCUT2D eigenvalue weighted by molar-refractivity contribution is 7.30. The molecule has 2 nitrogen and oxygen atoms in total. The van der Waals surface area contributed by atoms with Crippen LogP contribution in [0.5, 0.6) is 0 Å². The summed E-state index contributed by atoms with van der Waals surface area (Å²) in [6.45, 7) is 37.4. The van der Waals surface area contributed by atoms with E-state index in [1.54, 1.807) is 11.1 Å². The molecule has 0 atom stereocenters. The molecule has 2 aliphatic heterocycles. The third kappa shape index (κ3) is 6.70. The number of benzene rings is 5. The Hall–Kier alpha value is -4.84. The van der Waals surface area contributed by atoms with E-state index in [-0.39, 0.29) is 44.6 Å². The van der Waals surface area contributed by atoms with Crippen molar-refractivity contribution in [1.82, 2.24) is 0 Å². The summed E-state index contributed by atoms with van der Waals surface area (Å²) < 4.78 is 4.19. The van der Waals surface area contributed by atoms with Crippen molar-refractivity contribution in [2.24, 2.45) is 10.8 Å². The summed E-state index contributed by atoms with van der Waals surface area (Å²) in [6, 6.07) is 34.6. The molecule has 1 fully saturated rings. The summed E-state index contributed by atoms with van der Waals surface area (Å²) in [5.41, 5.74) is 23.4. The Kier molecular flexibility index (Phi) is 9.73. The van der Waals surface area contributed by atoms with Crippen LogP contribution < -0.4 is 25.5 Å². The fourth-order valence-electron chi connectivity index (χ4n) is 14.2. The summed E-state index contributed by atoms with van der Waals surface area (Å²) in [7, 11) is 0. The number of thiophene rings is 2. The van der Waals surface area contributed by atoms with Gasteiger partial charge in [0.2, 0.25) is 0 Å². The summed E-state index contributed by atoms with van der Waals surface area (Å²) in [6.07, 6.45) is 13.6. The van der Waals surface area contributed by atoms with Crippen molar-refractivity contribution in [3.05, 3.63) is 134 Å². The number of anilines is 6. The third-order valence-electron chi connectivity index (χ3n) is 19.6. The van der Waals surface area contributed by atoms with E-state index in [0.29, 0.717) is 0 Å². The first-order valence-electron chi connectivity index (χ1n) is 27.4. The van der Waals surface area contributed by atoms with E-state index in [1.807, 2.05) is 11.3 Å². The number of allylic oxidation sites excluding steroid dienone is 2. The van der Waals surface area contributed by atoms with Gasteiger partial charge in [-0.3, -0.25) is 0 Å². The second kappa shape index (κ2) is 14.9. The van der Waals surface area contributed by atoms with Crippen molar-refractivity contribution < 1.29 is 0 Å². The van der Waals surface area contributed by atoms with Crippen LogP contribution in [-0.4, -0.2) is 6.71 Å². The van der Waals surface area contributed by atoms with Crippen molar-refractivity contribution in [3.63, 3.8) is 0 Å². The van der Waals surface area contributed by atoms with Gasteiger partial charge in [-0.05, 0) is 170 Å². The monoisotopic (exact) mass is 983 g/mol. The average molecular weight is 983 g/mol. The lowest BCUT2D eigenvalue weighted by Gasteiger charge is -2.48. The van der Waals surface area contributed by atoms with Crippen molar-refractivity contribution in [2.45, 2.75) is 176 Å². The minimum absolute atomic E-state index is 0.0537. The van der Waals surface area contributed by atoms with Gasteiger partial charge in [-0.2, -0.15) is 0 Å². The second-order valence-corrected chi connectivity index (χ2v) is 30.3. The number of fused-ring (bicyclic) bond motifs is 13. The molecule has 2 bridgehead atoms. The molecular formula is C67H75BN2S2. The van der Waals surface area contributed by atoms with Crippen molar-refractivity contribution in [2.75, 3.05) is 9.80 Å². The summed E-state index contributed by atoms with van der Waals surface area (Å²) in [5, 5.41) is 2.69. The Bertz CT molecular complexity index is 3570. The number of hydrogen-bond donors (Lipinski definition) is 0. The van der Waals surface area contributed by atoms with Gasteiger partial charge in [0.05, 0.1) is 16.1 Å². The largest absolute Gasteiger partial charge is 0.311 e. The van der Waals surface area contributed by atoms with Crippen LogP contribution in [0.2, 0.25) is 0 Å². The lowest BCUT2D eigenvalue weighted by molar-refractivity contribution is 0.332. The van der Waals surface area contributed by atoms with Crippen LogP contribution in [0.15, 0.2) is 96.1 Å². The number of nitrogens with zero attached hydrogens (tertiary/aromatic N) is 2. The molecule has 0 radical (unpaired) electrons. The molecule has 5 aromatic carbocycles. The molecule has 4 aliphatic carbocycles. The predicted molar refractivity (Wildman–Crippen MR) is 318 cm³/mol. The fraction of sp³-hybridized carbons (Fsp3) is 0.433. The molecule has 4 heterocycles. The lowest BCUT2D eigenvalue weighted by Crippen LogP contribution is -2.61. The summed E-state index contributed by atoms with van der Waals surface area (Å²) in [4.78, 5) is 7.00. The van der Waals surface area contributed by atoms with Crippen LogP contribution in [0.1, 0.15) is 187 Å². The normalized spacial score (nSPS) is 21.3. The minimum atomic E-state index is -0.116. The zero-order valence-electron chi connectivity index (χ0n) is 46.0. The predicted octanol–water partition coefficient (Wildman–Crippen LogP) is 18.2. The molecule has 7 aromatic rings. The molecule has 368 valence electrons. The fourth-order valence-corrected chi connectivity index (χ4v) is 16.8. The third-order valence-corrected chi connectivity index (χ3v) is 22.0. The zero-order chi connectivity index (χ0) is 50.6. The minimum Gasteiger partial charge on any atom is -0.311 e. The highest BCUT2D eigenvalue weighted by Crippen LogP contribution is 2.58. The van der Waals surface area contributed by atoms with Gasteiger partial charge in [0.15, 0.2) is 0 Å². The Morgan fingerprint density at radius 2 is 1.07 bits per heavy atom. The van der Waals surface area contributed by atoms with E-state index < -0.39 is 0 Å². The van der Waals surface area contributed by atoms with Crippen LogP contribution in [0, 0.1) is 10.8 Å². The highest BCUT2D eigenvalue weighted by Gasteiger charge is 2.50. The first kappa shape index (κ1) is 46.9. The standard InChI is InChI=1S/C67H75BN2S2/c1-61(2,3)39-33-53-57-54(34-39)70(51-21-18-20-44-43-19-16-17-22-55(43)71-59(44)51)58-45-32-40-31-41(63(6,7)26-25-62(40,4)5)35-56(45)72-60(58)68(57)50-37-48-49(67(14,15)30-29-66(48,12)13)38-52(50)69(53)42-23-24-46-47(36-42)65(10,11)28-27-64(46,8)9/h16-24,32-38H,25-31H2,1-15H3. The molecule has 6 aliphatic rings. The van der Waals surface area contributed by atoms with Gasteiger partial charge in [-0.15, -0.1) is 22.7 Å². The maximum absolute atomic E-state index is 2.80. The SMILES string of the molecule is CC1(C)CCC(C)(C)C2=Cc3c(sc4c3N(c3cccc5c3sc3ccccc35)c3cc(C(C)(C)C)cc5c3B4c3cc4c(cc3N5c3ccc5c(c3)C(C)(C)CCC5(C)C)C(C)(C)CCC4(C)C)C=C1C2. The topological polar surface area (TPSA) is 6.48 Å². The molecule has 0 spiro atoms. The van der Waals surface area contributed by atoms with Gasteiger partial charge < -0.3 is 9.80 Å². The van der Waals surface area contributed by atoms with Gasteiger partial charge in [-0.1, -0.05) is 164 Å². The maximum atomic E-state index is 2.80. The zero-order valence-corrected chi connectivity index (χ0v) is 47.6.